The van der Waals surface area contributed by atoms with Crippen LogP contribution in [0, 0.1) is 6.92 Å². The number of hydrogen-bond donors (Lipinski definition) is 2. The van der Waals surface area contributed by atoms with Gasteiger partial charge in [-0.3, -0.25) is 4.79 Å². The second kappa shape index (κ2) is 9.88. The molecule has 1 amide bonds. The first-order valence-corrected chi connectivity index (χ1v) is 10.7. The smallest absolute Gasteiger partial charge is 0.343 e. The number of carbonyl (C=O) groups is 1. The highest BCUT2D eigenvalue weighted by molar-refractivity contribution is 5.92. The normalized spacial score (nSPS) is 12.7. The van der Waals surface area contributed by atoms with Crippen molar-refractivity contribution in [3.8, 4) is 34.5 Å². The van der Waals surface area contributed by atoms with E-state index in [1.54, 1.807) is 44.4 Å². The Balaban J connectivity index is 1.80. The molecule has 35 heavy (non-hydrogen) atoms. The molecule has 1 atom stereocenters. The van der Waals surface area contributed by atoms with Crippen molar-refractivity contribution in [2.75, 3.05) is 33.4 Å². The summed E-state index contributed by atoms with van der Waals surface area (Å²) >= 11 is 0. The number of carbonyl (C=O) groups excluding carboxylic acids is 1. The van der Waals surface area contributed by atoms with E-state index in [-0.39, 0.29) is 41.8 Å². The van der Waals surface area contributed by atoms with Crippen molar-refractivity contribution in [3.63, 3.8) is 0 Å². The first-order valence-electron chi connectivity index (χ1n) is 10.7. The molecule has 3 aromatic rings. The molecule has 184 valence electrons. The molecule has 2 heterocycles. The Morgan fingerprint density at radius 3 is 2.40 bits per heavy atom. The van der Waals surface area contributed by atoms with Crippen LogP contribution in [0.3, 0.4) is 0 Å². The van der Waals surface area contributed by atoms with Crippen LogP contribution in [0.2, 0.25) is 0 Å². The number of methoxy groups -OCH3 is 3. The van der Waals surface area contributed by atoms with E-state index in [9.17, 15) is 14.7 Å². The molecule has 1 aliphatic heterocycles. The van der Waals surface area contributed by atoms with Crippen LogP contribution in [-0.2, 0) is 4.79 Å². The van der Waals surface area contributed by atoms with Crippen LogP contribution in [0.4, 0.5) is 5.69 Å². The van der Waals surface area contributed by atoms with Crippen molar-refractivity contribution < 1.29 is 38.0 Å². The Hall–Kier alpha value is -4.34. The number of anilines is 1. The first-order chi connectivity index (χ1) is 16.9. The summed E-state index contributed by atoms with van der Waals surface area (Å²) in [5, 5.41) is 13.5. The third-order valence-electron chi connectivity index (χ3n) is 5.59. The van der Waals surface area contributed by atoms with E-state index < -0.39 is 17.5 Å². The molecule has 0 radical (unpaired) electrons. The monoisotopic (exact) mass is 483 g/mol. The van der Waals surface area contributed by atoms with E-state index in [0.29, 0.717) is 28.5 Å². The van der Waals surface area contributed by atoms with Gasteiger partial charge in [0.25, 0.3) is 0 Å². The number of hydrogen-bond acceptors (Lipinski definition) is 9. The van der Waals surface area contributed by atoms with Crippen molar-refractivity contribution in [1.29, 1.82) is 0 Å². The maximum Gasteiger partial charge on any atom is 0.343 e. The number of aryl methyl sites for hydroxylation is 1. The third kappa shape index (κ3) is 4.68. The van der Waals surface area contributed by atoms with Crippen molar-refractivity contribution >= 4 is 11.6 Å². The minimum Gasteiger partial charge on any atom is -0.507 e. The summed E-state index contributed by atoms with van der Waals surface area (Å²) in [6.07, 6.45) is -0.230. The molecule has 10 heteroatoms. The van der Waals surface area contributed by atoms with Crippen molar-refractivity contribution in [2.45, 2.75) is 19.3 Å². The number of nitrogens with one attached hydrogen (secondary N) is 1. The Morgan fingerprint density at radius 1 is 1.06 bits per heavy atom. The molecule has 0 saturated heterocycles. The number of aromatic hydroxyl groups is 1. The topological polar surface area (TPSA) is 126 Å². The first kappa shape index (κ1) is 23.8. The van der Waals surface area contributed by atoms with Crippen LogP contribution in [0.1, 0.15) is 29.2 Å². The fourth-order valence-electron chi connectivity index (χ4n) is 4.02. The lowest BCUT2D eigenvalue weighted by Gasteiger charge is -2.22. The molecule has 10 nitrogen and oxygen atoms in total. The van der Waals surface area contributed by atoms with Gasteiger partial charge in [-0.25, -0.2) is 4.79 Å². The SMILES string of the molecule is COc1ccc(NC(=O)C[C@@H](c2cc(OC)c3c(c2OC)OCO3)c2c(O)cc(C)oc2=O)cc1. The molecule has 0 saturated carbocycles. The average molecular weight is 483 g/mol. The van der Waals surface area contributed by atoms with Gasteiger partial charge in [-0.1, -0.05) is 0 Å². The van der Waals surface area contributed by atoms with Crippen molar-refractivity contribution in [1.82, 2.24) is 0 Å². The standard InChI is InChI=1S/C25H25NO9/c1-13-9-18(27)21(25(29)35-13)16(11-20(28)26-14-5-7-15(30-2)8-6-14)17-10-19(31-3)23-24(22(17)32-4)34-12-33-23/h5-10,16,27H,11-12H2,1-4H3,(H,26,28)/t16-/m0/s1. The number of ether oxygens (including phenoxy) is 5. The van der Waals surface area contributed by atoms with Crippen LogP contribution in [0.5, 0.6) is 34.5 Å². The summed E-state index contributed by atoms with van der Waals surface area (Å²) in [6.45, 7) is 1.49. The number of fused-ring (bicyclic) bond motifs is 1. The highest BCUT2D eigenvalue weighted by atomic mass is 16.7. The van der Waals surface area contributed by atoms with Crippen LogP contribution in [0.25, 0.3) is 0 Å². The van der Waals surface area contributed by atoms with E-state index in [4.69, 9.17) is 28.1 Å². The largest absolute Gasteiger partial charge is 0.507 e. The average Bonchev–Trinajstić information content (AvgIpc) is 3.32. The minimum absolute atomic E-state index is 0.0496. The molecule has 2 N–H and O–H groups in total. The zero-order valence-electron chi connectivity index (χ0n) is 19.7. The second-order valence-electron chi connectivity index (χ2n) is 7.74. The van der Waals surface area contributed by atoms with E-state index in [2.05, 4.69) is 5.32 Å². The number of amides is 1. The highest BCUT2D eigenvalue weighted by Gasteiger charge is 2.34. The number of benzene rings is 2. The fourth-order valence-corrected chi connectivity index (χ4v) is 4.02. The highest BCUT2D eigenvalue weighted by Crippen LogP contribution is 2.52. The zero-order chi connectivity index (χ0) is 25.1. The third-order valence-corrected chi connectivity index (χ3v) is 5.59. The van der Waals surface area contributed by atoms with E-state index >= 15 is 0 Å². The van der Waals surface area contributed by atoms with Gasteiger partial charge in [0.15, 0.2) is 11.5 Å². The molecule has 1 aliphatic rings. The molecular formula is C25H25NO9. The maximum atomic E-state index is 13.1. The van der Waals surface area contributed by atoms with Gasteiger partial charge < -0.3 is 38.5 Å². The quantitative estimate of drug-likeness (QED) is 0.494. The lowest BCUT2D eigenvalue weighted by molar-refractivity contribution is -0.116. The van der Waals surface area contributed by atoms with Crippen LogP contribution in [0.15, 0.2) is 45.6 Å². The zero-order valence-corrected chi connectivity index (χ0v) is 19.7. The molecule has 1 aromatic heterocycles. The van der Waals surface area contributed by atoms with Gasteiger partial charge >= 0.3 is 5.63 Å². The molecule has 0 bridgehead atoms. The van der Waals surface area contributed by atoms with Crippen LogP contribution in [-0.4, -0.2) is 39.1 Å². The van der Waals surface area contributed by atoms with Gasteiger partial charge in [-0.15, -0.1) is 0 Å². The summed E-state index contributed by atoms with van der Waals surface area (Å²) < 4.78 is 32.5. The number of rotatable bonds is 8. The van der Waals surface area contributed by atoms with Crippen LogP contribution >= 0.6 is 0 Å². The van der Waals surface area contributed by atoms with E-state index in [0.717, 1.165) is 0 Å². The molecular weight excluding hydrogens is 458 g/mol. The summed E-state index contributed by atoms with van der Waals surface area (Å²) in [5.74, 6) is 0.368. The van der Waals surface area contributed by atoms with Gasteiger partial charge in [0.1, 0.15) is 17.3 Å². The predicted molar refractivity (Wildman–Crippen MR) is 125 cm³/mol. The van der Waals surface area contributed by atoms with Gasteiger partial charge in [0, 0.05) is 29.7 Å². The molecule has 0 spiro atoms. The lowest BCUT2D eigenvalue weighted by Crippen LogP contribution is -2.21. The molecule has 0 aliphatic carbocycles. The minimum atomic E-state index is -0.969. The van der Waals surface area contributed by atoms with Crippen molar-refractivity contribution in [2.24, 2.45) is 0 Å². The Bertz CT molecular complexity index is 1300. The summed E-state index contributed by atoms with van der Waals surface area (Å²) in [6, 6.07) is 9.71. The lowest BCUT2D eigenvalue weighted by atomic mass is 9.87. The fraction of sp³-hybridized carbons (Fsp3) is 0.280. The molecule has 0 unspecified atom stereocenters. The summed E-state index contributed by atoms with van der Waals surface area (Å²) in [4.78, 5) is 26.0. The van der Waals surface area contributed by atoms with Gasteiger partial charge in [0.05, 0.1) is 26.9 Å². The summed E-state index contributed by atoms with van der Waals surface area (Å²) in [5.41, 5.74) is 0.0398. The van der Waals surface area contributed by atoms with Crippen molar-refractivity contribution in [3.05, 3.63) is 63.7 Å². The Kier molecular flexibility index (Phi) is 6.72. The van der Waals surface area contributed by atoms with Gasteiger partial charge in [-0.2, -0.15) is 0 Å². The predicted octanol–water partition coefficient (Wildman–Crippen LogP) is 3.57. The van der Waals surface area contributed by atoms with Crippen LogP contribution < -0.4 is 34.6 Å². The Morgan fingerprint density at radius 2 is 1.77 bits per heavy atom. The maximum absolute atomic E-state index is 13.1. The van der Waals surface area contributed by atoms with E-state index in [1.807, 2.05) is 0 Å². The molecule has 0 fully saturated rings. The van der Waals surface area contributed by atoms with Gasteiger partial charge in [0.2, 0.25) is 24.2 Å². The molecule has 2 aromatic carbocycles. The van der Waals surface area contributed by atoms with Gasteiger partial charge in [-0.05, 0) is 37.3 Å². The molecule has 4 rings (SSSR count). The summed E-state index contributed by atoms with van der Waals surface area (Å²) in [7, 11) is 4.43. The Labute approximate surface area is 200 Å². The second-order valence-corrected chi connectivity index (χ2v) is 7.74. The van der Waals surface area contributed by atoms with E-state index in [1.165, 1.54) is 20.3 Å².